The summed E-state index contributed by atoms with van der Waals surface area (Å²) in [7, 11) is 0. The second-order valence-corrected chi connectivity index (χ2v) is 5.55. The summed E-state index contributed by atoms with van der Waals surface area (Å²) in [6, 6.07) is 7.74. The molecule has 0 saturated carbocycles. The van der Waals surface area contributed by atoms with Gasteiger partial charge in [0.2, 0.25) is 0 Å². The summed E-state index contributed by atoms with van der Waals surface area (Å²) >= 11 is 0. The van der Waals surface area contributed by atoms with Gasteiger partial charge in [0.15, 0.2) is 0 Å². The average Bonchev–Trinajstić information content (AvgIpc) is 2.44. The van der Waals surface area contributed by atoms with Crippen LogP contribution in [0, 0.1) is 5.92 Å². The molecule has 0 saturated heterocycles. The Labute approximate surface area is 115 Å². The molecular formula is C16H23NO2. The number of benzene rings is 1. The molecule has 1 aromatic carbocycles. The molecule has 0 amide bonds. The van der Waals surface area contributed by atoms with Crippen molar-refractivity contribution in [3.63, 3.8) is 0 Å². The van der Waals surface area contributed by atoms with Gasteiger partial charge in [-0.1, -0.05) is 44.5 Å². The molecule has 0 spiro atoms. The Morgan fingerprint density at radius 1 is 1.42 bits per heavy atom. The van der Waals surface area contributed by atoms with Crippen molar-refractivity contribution in [2.45, 2.75) is 45.7 Å². The standard InChI is InChI=1S/C16H23NO2/c1-4-11(2)12(3)17-10-9-13-7-5-6-8-14(13)15(17)16(18)19/h5-8,11-12,15H,4,9-10H2,1-3H3,(H,18,19). The number of carboxylic acid groups (broad SMARTS) is 1. The van der Waals surface area contributed by atoms with Gasteiger partial charge in [0.1, 0.15) is 6.04 Å². The van der Waals surface area contributed by atoms with Gasteiger partial charge in [-0.05, 0) is 30.4 Å². The van der Waals surface area contributed by atoms with E-state index in [0.717, 1.165) is 24.9 Å². The molecule has 1 heterocycles. The van der Waals surface area contributed by atoms with Gasteiger partial charge in [-0.3, -0.25) is 9.69 Å². The van der Waals surface area contributed by atoms with E-state index in [4.69, 9.17) is 0 Å². The number of hydrogen-bond acceptors (Lipinski definition) is 2. The molecule has 104 valence electrons. The molecule has 0 aliphatic carbocycles. The molecule has 3 unspecified atom stereocenters. The third-order valence-corrected chi connectivity index (χ3v) is 4.55. The van der Waals surface area contributed by atoms with Gasteiger partial charge in [0, 0.05) is 12.6 Å². The van der Waals surface area contributed by atoms with Crippen molar-refractivity contribution in [2.24, 2.45) is 5.92 Å². The third-order valence-electron chi connectivity index (χ3n) is 4.55. The fourth-order valence-electron chi connectivity index (χ4n) is 2.97. The van der Waals surface area contributed by atoms with Crippen LogP contribution in [-0.4, -0.2) is 28.6 Å². The molecule has 1 N–H and O–H groups in total. The Bertz CT molecular complexity index is 458. The Morgan fingerprint density at radius 2 is 2.11 bits per heavy atom. The van der Waals surface area contributed by atoms with Gasteiger partial charge >= 0.3 is 5.97 Å². The first-order valence-electron chi connectivity index (χ1n) is 7.12. The normalized spacial score (nSPS) is 22.6. The van der Waals surface area contributed by atoms with Gasteiger partial charge < -0.3 is 5.11 Å². The lowest BCUT2D eigenvalue weighted by Crippen LogP contribution is -2.47. The van der Waals surface area contributed by atoms with Crippen molar-refractivity contribution < 1.29 is 9.90 Å². The summed E-state index contributed by atoms with van der Waals surface area (Å²) in [5.74, 6) is -0.227. The monoisotopic (exact) mass is 261 g/mol. The Kier molecular flexibility index (Phi) is 4.25. The minimum absolute atomic E-state index is 0.291. The highest BCUT2D eigenvalue weighted by Crippen LogP contribution is 2.33. The molecule has 1 aliphatic rings. The number of carbonyl (C=O) groups is 1. The van der Waals surface area contributed by atoms with Crippen LogP contribution in [0.5, 0.6) is 0 Å². The Morgan fingerprint density at radius 3 is 2.74 bits per heavy atom. The fourth-order valence-corrected chi connectivity index (χ4v) is 2.97. The van der Waals surface area contributed by atoms with E-state index in [-0.39, 0.29) is 0 Å². The molecule has 19 heavy (non-hydrogen) atoms. The van der Waals surface area contributed by atoms with Crippen molar-refractivity contribution in [2.75, 3.05) is 6.54 Å². The number of rotatable bonds is 4. The molecule has 3 heteroatoms. The molecule has 0 fully saturated rings. The number of aliphatic carboxylic acids is 1. The summed E-state index contributed by atoms with van der Waals surface area (Å²) < 4.78 is 0. The molecule has 0 aromatic heterocycles. The van der Waals surface area contributed by atoms with E-state index in [2.05, 4.69) is 31.7 Å². The van der Waals surface area contributed by atoms with Crippen LogP contribution in [0.2, 0.25) is 0 Å². The maximum absolute atomic E-state index is 11.7. The lowest BCUT2D eigenvalue weighted by atomic mass is 9.88. The van der Waals surface area contributed by atoms with E-state index in [1.54, 1.807) is 0 Å². The van der Waals surface area contributed by atoms with E-state index in [0.29, 0.717) is 12.0 Å². The molecule has 2 rings (SSSR count). The number of fused-ring (bicyclic) bond motifs is 1. The van der Waals surface area contributed by atoms with Crippen LogP contribution in [0.4, 0.5) is 0 Å². The van der Waals surface area contributed by atoms with Gasteiger partial charge in [-0.15, -0.1) is 0 Å². The van der Waals surface area contributed by atoms with Gasteiger partial charge in [-0.25, -0.2) is 0 Å². The van der Waals surface area contributed by atoms with Crippen molar-refractivity contribution in [3.8, 4) is 0 Å². The number of hydrogen-bond donors (Lipinski definition) is 1. The smallest absolute Gasteiger partial charge is 0.325 e. The molecule has 3 atom stereocenters. The number of carboxylic acids is 1. The Balaban J connectivity index is 2.35. The van der Waals surface area contributed by atoms with E-state index in [1.165, 1.54) is 5.56 Å². The van der Waals surface area contributed by atoms with Gasteiger partial charge in [-0.2, -0.15) is 0 Å². The minimum Gasteiger partial charge on any atom is -0.480 e. The number of nitrogens with zero attached hydrogens (tertiary/aromatic N) is 1. The van der Waals surface area contributed by atoms with E-state index >= 15 is 0 Å². The molecule has 0 bridgehead atoms. The van der Waals surface area contributed by atoms with Crippen LogP contribution in [0.25, 0.3) is 0 Å². The van der Waals surface area contributed by atoms with E-state index < -0.39 is 12.0 Å². The SMILES string of the molecule is CCC(C)C(C)N1CCc2ccccc2C1C(=O)O. The zero-order valence-electron chi connectivity index (χ0n) is 12.0. The maximum Gasteiger partial charge on any atom is 0.325 e. The third kappa shape index (κ3) is 2.66. The summed E-state index contributed by atoms with van der Waals surface area (Å²) in [5, 5.41) is 9.62. The predicted molar refractivity (Wildman–Crippen MR) is 76.1 cm³/mol. The molecule has 3 nitrogen and oxygen atoms in total. The quantitative estimate of drug-likeness (QED) is 0.905. The Hall–Kier alpha value is -1.35. The van der Waals surface area contributed by atoms with E-state index in [1.807, 2.05) is 18.2 Å². The summed E-state index contributed by atoms with van der Waals surface area (Å²) in [5.41, 5.74) is 2.15. The van der Waals surface area contributed by atoms with Crippen molar-refractivity contribution in [1.82, 2.24) is 4.90 Å². The topological polar surface area (TPSA) is 40.5 Å². The zero-order valence-corrected chi connectivity index (χ0v) is 12.0. The first-order chi connectivity index (χ1) is 9.06. The minimum atomic E-state index is -0.734. The molecular weight excluding hydrogens is 238 g/mol. The van der Waals surface area contributed by atoms with Crippen LogP contribution >= 0.6 is 0 Å². The predicted octanol–water partition coefficient (Wildman–Crippen LogP) is 3.11. The summed E-state index contributed by atoms with van der Waals surface area (Å²) in [6.07, 6.45) is 2.02. The van der Waals surface area contributed by atoms with Crippen molar-refractivity contribution >= 4 is 5.97 Å². The van der Waals surface area contributed by atoms with Crippen LogP contribution in [0.3, 0.4) is 0 Å². The highest BCUT2D eigenvalue weighted by atomic mass is 16.4. The van der Waals surface area contributed by atoms with E-state index in [9.17, 15) is 9.90 Å². The molecule has 1 aliphatic heterocycles. The zero-order chi connectivity index (χ0) is 14.0. The lowest BCUT2D eigenvalue weighted by molar-refractivity contribution is -0.145. The lowest BCUT2D eigenvalue weighted by Gasteiger charge is -2.41. The van der Waals surface area contributed by atoms with Crippen LogP contribution in [0.15, 0.2) is 24.3 Å². The highest BCUT2D eigenvalue weighted by Gasteiger charge is 2.36. The maximum atomic E-state index is 11.7. The second-order valence-electron chi connectivity index (χ2n) is 5.55. The summed E-state index contributed by atoms with van der Waals surface area (Å²) in [4.78, 5) is 13.9. The molecule has 1 aromatic rings. The van der Waals surface area contributed by atoms with Crippen molar-refractivity contribution in [3.05, 3.63) is 35.4 Å². The summed E-state index contributed by atoms with van der Waals surface area (Å²) in [6.45, 7) is 7.34. The first kappa shape index (κ1) is 14.1. The largest absolute Gasteiger partial charge is 0.480 e. The van der Waals surface area contributed by atoms with Gasteiger partial charge in [0.05, 0.1) is 0 Å². The van der Waals surface area contributed by atoms with Crippen molar-refractivity contribution in [1.29, 1.82) is 0 Å². The van der Waals surface area contributed by atoms with Gasteiger partial charge in [0.25, 0.3) is 0 Å². The van der Waals surface area contributed by atoms with Crippen LogP contribution in [-0.2, 0) is 11.2 Å². The average molecular weight is 261 g/mol. The first-order valence-corrected chi connectivity index (χ1v) is 7.12. The highest BCUT2D eigenvalue weighted by molar-refractivity contribution is 5.76. The second kappa shape index (κ2) is 5.74. The molecule has 0 radical (unpaired) electrons. The van der Waals surface area contributed by atoms with Crippen LogP contribution in [0.1, 0.15) is 44.4 Å². The fraction of sp³-hybridized carbons (Fsp3) is 0.562. The van der Waals surface area contributed by atoms with Crippen LogP contribution < -0.4 is 0 Å².